The quantitative estimate of drug-likeness (QED) is 0.116. The highest BCUT2D eigenvalue weighted by molar-refractivity contribution is 5.92. The van der Waals surface area contributed by atoms with Gasteiger partial charge in [-0.1, -0.05) is 66.7 Å². The minimum Gasteiger partial charge on any atom is -0.481 e. The molecule has 11 nitrogen and oxygen atoms in total. The van der Waals surface area contributed by atoms with Crippen molar-refractivity contribution in [3.63, 3.8) is 0 Å². The molecule has 1 fully saturated rings. The minimum atomic E-state index is -0.976. The number of carbonyl (C=O) groups excluding carboxylic acids is 4. The SMILES string of the molecule is CCC[C@H](NC(=O)[C@@H](NC(=O)CCCC(=O)O)[C@@H](C)CC)C(=O)N[C@H](CN[C@@H](C)C(=O)NCC1CCCCC1)CC(C)C. The monoisotopic (exact) mass is 609 g/mol. The third-order valence-electron chi connectivity index (χ3n) is 8.27. The van der Waals surface area contributed by atoms with E-state index < -0.39 is 35.9 Å². The van der Waals surface area contributed by atoms with Crippen molar-refractivity contribution in [3.05, 3.63) is 0 Å². The van der Waals surface area contributed by atoms with Gasteiger partial charge in [0.1, 0.15) is 12.1 Å². The lowest BCUT2D eigenvalue weighted by molar-refractivity contribution is -0.137. The molecule has 0 aromatic heterocycles. The lowest BCUT2D eigenvalue weighted by atomic mass is 9.89. The molecule has 5 atom stereocenters. The molecule has 0 spiro atoms. The van der Waals surface area contributed by atoms with Crippen molar-refractivity contribution in [1.82, 2.24) is 26.6 Å². The second-order valence-electron chi connectivity index (χ2n) is 12.7. The Morgan fingerprint density at radius 2 is 1.51 bits per heavy atom. The molecule has 0 aromatic rings. The zero-order chi connectivity index (χ0) is 32.4. The summed E-state index contributed by atoms with van der Waals surface area (Å²) in [4.78, 5) is 62.7. The summed E-state index contributed by atoms with van der Waals surface area (Å²) in [7, 11) is 0. The van der Waals surface area contributed by atoms with Crippen molar-refractivity contribution in [1.29, 1.82) is 0 Å². The molecule has 0 radical (unpaired) electrons. The normalized spacial score (nSPS) is 17.3. The molecule has 6 N–H and O–H groups in total. The summed E-state index contributed by atoms with van der Waals surface area (Å²) >= 11 is 0. The minimum absolute atomic E-state index is 0.00625. The number of hydrogen-bond donors (Lipinski definition) is 6. The first-order valence-corrected chi connectivity index (χ1v) is 16.5. The molecule has 1 rings (SSSR count). The summed E-state index contributed by atoms with van der Waals surface area (Å²) in [5.74, 6) is -1.48. The Labute approximate surface area is 258 Å². The van der Waals surface area contributed by atoms with Gasteiger partial charge in [-0.3, -0.25) is 24.0 Å². The molecular formula is C32H59N5O6. The summed E-state index contributed by atoms with van der Waals surface area (Å²) in [6.45, 7) is 12.8. The molecule has 4 amide bonds. The molecule has 1 aliphatic carbocycles. The van der Waals surface area contributed by atoms with Gasteiger partial charge in [-0.05, 0) is 56.8 Å². The third kappa shape index (κ3) is 16.1. The van der Waals surface area contributed by atoms with Crippen LogP contribution in [0, 0.1) is 17.8 Å². The smallest absolute Gasteiger partial charge is 0.303 e. The number of amides is 4. The molecular weight excluding hydrogens is 550 g/mol. The van der Waals surface area contributed by atoms with Gasteiger partial charge in [0.2, 0.25) is 23.6 Å². The molecule has 0 heterocycles. The van der Waals surface area contributed by atoms with Crippen molar-refractivity contribution >= 4 is 29.6 Å². The van der Waals surface area contributed by atoms with Crippen LogP contribution in [0.15, 0.2) is 0 Å². The second-order valence-corrected chi connectivity index (χ2v) is 12.7. The number of hydrogen-bond acceptors (Lipinski definition) is 6. The van der Waals surface area contributed by atoms with Gasteiger partial charge in [0.05, 0.1) is 6.04 Å². The van der Waals surface area contributed by atoms with Gasteiger partial charge in [0.25, 0.3) is 0 Å². The number of carboxylic acids is 1. The van der Waals surface area contributed by atoms with Crippen LogP contribution in [0.4, 0.5) is 0 Å². The molecule has 0 saturated heterocycles. The van der Waals surface area contributed by atoms with Gasteiger partial charge >= 0.3 is 5.97 Å². The molecule has 11 heteroatoms. The van der Waals surface area contributed by atoms with Gasteiger partial charge in [-0.2, -0.15) is 0 Å². The summed E-state index contributed by atoms with van der Waals surface area (Å²) in [5.41, 5.74) is 0. The van der Waals surface area contributed by atoms with Gasteiger partial charge in [-0.25, -0.2) is 0 Å². The second kappa shape index (κ2) is 21.1. The highest BCUT2D eigenvalue weighted by atomic mass is 16.4. The maximum Gasteiger partial charge on any atom is 0.303 e. The van der Waals surface area contributed by atoms with E-state index in [1.165, 1.54) is 19.3 Å². The first-order valence-electron chi connectivity index (χ1n) is 16.5. The van der Waals surface area contributed by atoms with E-state index in [0.717, 1.165) is 12.8 Å². The van der Waals surface area contributed by atoms with E-state index in [2.05, 4.69) is 40.4 Å². The average molecular weight is 610 g/mol. The summed E-state index contributed by atoms with van der Waals surface area (Å²) in [5, 5.41) is 23.9. The Hall–Kier alpha value is -2.69. The van der Waals surface area contributed by atoms with E-state index in [0.29, 0.717) is 50.6 Å². The molecule has 43 heavy (non-hydrogen) atoms. The van der Waals surface area contributed by atoms with Crippen LogP contribution < -0.4 is 26.6 Å². The van der Waals surface area contributed by atoms with E-state index >= 15 is 0 Å². The Balaban J connectivity index is 2.78. The van der Waals surface area contributed by atoms with Gasteiger partial charge in [0, 0.05) is 32.0 Å². The predicted molar refractivity (Wildman–Crippen MR) is 168 cm³/mol. The fourth-order valence-electron chi connectivity index (χ4n) is 5.43. The van der Waals surface area contributed by atoms with Crippen molar-refractivity contribution in [3.8, 4) is 0 Å². The Morgan fingerprint density at radius 1 is 0.837 bits per heavy atom. The molecule has 0 unspecified atom stereocenters. The Bertz CT molecular complexity index is 876. The van der Waals surface area contributed by atoms with E-state index in [9.17, 15) is 24.0 Å². The average Bonchev–Trinajstić information content (AvgIpc) is 2.96. The Kier molecular flexibility index (Phi) is 18.8. The van der Waals surface area contributed by atoms with Crippen LogP contribution >= 0.6 is 0 Å². The largest absolute Gasteiger partial charge is 0.481 e. The standard InChI is InChI=1S/C32H59N5O6/c1-7-13-26(36-32(43)29(22(5)8-2)37-27(38)16-12-17-28(39)40)31(42)35-25(18-21(3)4)20-33-23(6)30(41)34-19-24-14-10-9-11-15-24/h21-26,29,33H,7-20H2,1-6H3,(H,34,41)(H,35,42)(H,36,43)(H,37,38)(H,39,40)/t22-,23-,25-,26-,29-/m0/s1. The number of carbonyl (C=O) groups is 5. The van der Waals surface area contributed by atoms with Crippen LogP contribution in [-0.2, 0) is 24.0 Å². The summed E-state index contributed by atoms with van der Waals surface area (Å²) in [6.07, 6.45) is 8.55. The molecule has 0 aliphatic heterocycles. The van der Waals surface area contributed by atoms with E-state index in [-0.39, 0.29) is 43.0 Å². The van der Waals surface area contributed by atoms with Crippen LogP contribution in [0.2, 0.25) is 0 Å². The van der Waals surface area contributed by atoms with E-state index in [1.54, 1.807) is 0 Å². The van der Waals surface area contributed by atoms with Crippen LogP contribution in [-0.4, -0.2) is 72.0 Å². The fraction of sp³-hybridized carbons (Fsp3) is 0.844. The van der Waals surface area contributed by atoms with Crippen LogP contribution in [0.1, 0.15) is 119 Å². The van der Waals surface area contributed by atoms with Crippen molar-refractivity contribution in [2.24, 2.45) is 17.8 Å². The molecule has 1 saturated carbocycles. The van der Waals surface area contributed by atoms with Gasteiger partial charge in [-0.15, -0.1) is 0 Å². The maximum atomic E-state index is 13.4. The highest BCUT2D eigenvalue weighted by Gasteiger charge is 2.30. The Morgan fingerprint density at radius 3 is 2.09 bits per heavy atom. The third-order valence-corrected chi connectivity index (χ3v) is 8.27. The number of nitrogens with one attached hydrogen (secondary N) is 5. The molecule has 0 aromatic carbocycles. The molecule has 248 valence electrons. The summed E-state index contributed by atoms with van der Waals surface area (Å²) < 4.78 is 0. The van der Waals surface area contributed by atoms with E-state index in [1.807, 2.05) is 27.7 Å². The lowest BCUT2D eigenvalue weighted by Gasteiger charge is -2.28. The lowest BCUT2D eigenvalue weighted by Crippen LogP contribution is -2.57. The predicted octanol–water partition coefficient (Wildman–Crippen LogP) is 3.26. The first kappa shape index (κ1) is 38.3. The maximum absolute atomic E-state index is 13.4. The first-order chi connectivity index (χ1) is 20.4. The van der Waals surface area contributed by atoms with Crippen LogP contribution in [0.25, 0.3) is 0 Å². The summed E-state index contributed by atoms with van der Waals surface area (Å²) in [6, 6.07) is -2.26. The van der Waals surface area contributed by atoms with Gasteiger partial charge in [0.15, 0.2) is 0 Å². The van der Waals surface area contributed by atoms with Crippen molar-refractivity contribution in [2.45, 2.75) is 143 Å². The van der Waals surface area contributed by atoms with Crippen molar-refractivity contribution in [2.75, 3.05) is 13.1 Å². The highest BCUT2D eigenvalue weighted by Crippen LogP contribution is 2.22. The van der Waals surface area contributed by atoms with E-state index in [4.69, 9.17) is 5.11 Å². The zero-order valence-corrected chi connectivity index (χ0v) is 27.4. The number of aliphatic carboxylic acids is 1. The molecule has 1 aliphatic rings. The van der Waals surface area contributed by atoms with Gasteiger partial charge < -0.3 is 31.7 Å². The number of carboxylic acid groups (broad SMARTS) is 1. The van der Waals surface area contributed by atoms with Crippen molar-refractivity contribution < 1.29 is 29.1 Å². The van der Waals surface area contributed by atoms with Crippen LogP contribution in [0.3, 0.4) is 0 Å². The molecule has 0 bridgehead atoms. The topological polar surface area (TPSA) is 166 Å². The zero-order valence-electron chi connectivity index (χ0n) is 27.4. The fourth-order valence-corrected chi connectivity index (χ4v) is 5.43. The van der Waals surface area contributed by atoms with Crippen LogP contribution in [0.5, 0.6) is 0 Å². The number of rotatable bonds is 21.